The number of hydrogen-bond acceptors (Lipinski definition) is 4. The van der Waals surface area contributed by atoms with Gasteiger partial charge in [-0.15, -0.1) is 0 Å². The average molecular weight is 615 g/mol. The maximum Gasteiger partial charge on any atom is 0.264 e. The lowest BCUT2D eigenvalue weighted by Crippen LogP contribution is -2.51. The monoisotopic (exact) mass is 613 g/mol. The summed E-state index contributed by atoms with van der Waals surface area (Å²) in [4.78, 5) is 28.5. The van der Waals surface area contributed by atoms with Crippen molar-refractivity contribution in [3.63, 3.8) is 0 Å². The summed E-state index contributed by atoms with van der Waals surface area (Å²) in [6, 6.07) is 20.2. The van der Waals surface area contributed by atoms with Crippen LogP contribution in [-0.2, 0) is 26.2 Å². The van der Waals surface area contributed by atoms with Crippen LogP contribution < -0.4 is 9.62 Å². The molecular weight excluding hydrogens is 578 g/mol. The Balaban J connectivity index is 2.01. The van der Waals surface area contributed by atoms with E-state index in [1.165, 1.54) is 17.0 Å². The number of nitrogens with zero attached hydrogens (tertiary/aromatic N) is 2. The molecule has 0 saturated heterocycles. The number of carbonyl (C=O) groups excluding carboxylic acids is 2. The molecule has 1 atom stereocenters. The molecule has 0 spiro atoms. The highest BCUT2D eigenvalue weighted by Gasteiger charge is 2.32. The largest absolute Gasteiger partial charge is 0.354 e. The molecule has 0 bridgehead atoms. The Morgan fingerprint density at radius 1 is 0.897 bits per heavy atom. The second-order valence-corrected chi connectivity index (χ2v) is 12.9. The molecule has 7 nitrogen and oxygen atoms in total. The van der Waals surface area contributed by atoms with Crippen molar-refractivity contribution in [2.75, 3.05) is 17.4 Å². The van der Waals surface area contributed by atoms with E-state index in [4.69, 9.17) is 0 Å². The van der Waals surface area contributed by atoms with Gasteiger partial charge in [-0.2, -0.15) is 0 Å². The van der Waals surface area contributed by atoms with Crippen LogP contribution in [-0.4, -0.2) is 44.3 Å². The average Bonchev–Trinajstić information content (AvgIpc) is 2.89. The predicted octanol–water partition coefficient (Wildman–Crippen LogP) is 5.45. The molecule has 0 unspecified atom stereocenters. The Bertz CT molecular complexity index is 1390. The second kappa shape index (κ2) is 13.3. The maximum absolute atomic E-state index is 13.9. The third-order valence-electron chi connectivity index (χ3n) is 6.31. The zero-order valence-electron chi connectivity index (χ0n) is 23.0. The zero-order chi connectivity index (χ0) is 28.7. The summed E-state index contributed by atoms with van der Waals surface area (Å²) >= 11 is 3.41. The normalized spacial score (nSPS) is 12.2. The van der Waals surface area contributed by atoms with Gasteiger partial charge in [0.05, 0.1) is 10.6 Å². The van der Waals surface area contributed by atoms with E-state index in [2.05, 4.69) is 21.2 Å². The number of benzene rings is 3. The van der Waals surface area contributed by atoms with Gasteiger partial charge in [-0.1, -0.05) is 83.4 Å². The first kappa shape index (κ1) is 30.4. The molecule has 0 radical (unpaired) electrons. The van der Waals surface area contributed by atoms with Gasteiger partial charge in [-0.25, -0.2) is 8.42 Å². The molecule has 0 heterocycles. The smallest absolute Gasteiger partial charge is 0.264 e. The minimum atomic E-state index is -4.10. The molecule has 39 heavy (non-hydrogen) atoms. The first-order valence-electron chi connectivity index (χ1n) is 12.9. The van der Waals surface area contributed by atoms with Crippen molar-refractivity contribution in [3.05, 3.63) is 94.0 Å². The fraction of sp³-hybridized carbons (Fsp3) is 0.333. The molecule has 0 saturated carbocycles. The molecule has 208 valence electrons. The molecule has 9 heteroatoms. The third kappa shape index (κ3) is 8.16. The van der Waals surface area contributed by atoms with Crippen molar-refractivity contribution in [1.82, 2.24) is 10.2 Å². The number of halogens is 1. The van der Waals surface area contributed by atoms with Crippen LogP contribution in [0.1, 0.15) is 37.5 Å². The topological polar surface area (TPSA) is 86.8 Å². The van der Waals surface area contributed by atoms with Crippen molar-refractivity contribution in [2.45, 2.75) is 52.1 Å². The van der Waals surface area contributed by atoms with Gasteiger partial charge < -0.3 is 10.2 Å². The van der Waals surface area contributed by atoms with Crippen LogP contribution in [0.4, 0.5) is 5.69 Å². The number of aryl methyl sites for hydroxylation is 2. The Hall–Kier alpha value is -3.17. The van der Waals surface area contributed by atoms with Crippen molar-refractivity contribution in [3.8, 4) is 0 Å². The zero-order valence-corrected chi connectivity index (χ0v) is 25.4. The van der Waals surface area contributed by atoms with Crippen LogP contribution in [0.5, 0.6) is 0 Å². The highest BCUT2D eigenvalue weighted by atomic mass is 79.9. The summed E-state index contributed by atoms with van der Waals surface area (Å²) in [5, 5.41) is 2.90. The Labute approximate surface area is 240 Å². The van der Waals surface area contributed by atoms with Gasteiger partial charge in [-0.3, -0.25) is 13.9 Å². The van der Waals surface area contributed by atoms with E-state index in [1.54, 1.807) is 43.3 Å². The third-order valence-corrected chi connectivity index (χ3v) is 8.59. The van der Waals surface area contributed by atoms with E-state index in [1.807, 2.05) is 52.0 Å². The lowest BCUT2D eigenvalue weighted by Gasteiger charge is -2.32. The van der Waals surface area contributed by atoms with Gasteiger partial charge in [0.25, 0.3) is 10.0 Å². The van der Waals surface area contributed by atoms with Gasteiger partial charge in [0.1, 0.15) is 12.6 Å². The first-order valence-corrected chi connectivity index (χ1v) is 15.1. The molecule has 0 aliphatic rings. The van der Waals surface area contributed by atoms with E-state index in [-0.39, 0.29) is 23.3 Å². The number of carbonyl (C=O) groups is 2. The standard InChI is InChI=1S/C30H36BrN3O4S/c1-21(2)18-32-30(36)24(5)33(19-25-13-9-22(3)10-14-25)29(35)20-34(27-8-6-7-26(31)17-27)39(37,38)28-15-11-23(4)12-16-28/h6-17,21,24H,18-20H2,1-5H3,(H,32,36)/t24-/m1/s1. The Kier molecular flexibility index (Phi) is 10.3. The number of rotatable bonds is 11. The van der Waals surface area contributed by atoms with Crippen LogP contribution >= 0.6 is 15.9 Å². The Morgan fingerprint density at radius 3 is 2.05 bits per heavy atom. The fourth-order valence-corrected chi connectivity index (χ4v) is 5.72. The summed E-state index contributed by atoms with van der Waals surface area (Å²) in [5.41, 5.74) is 3.17. The fourth-order valence-electron chi connectivity index (χ4n) is 3.92. The molecule has 0 fully saturated rings. The van der Waals surface area contributed by atoms with Crippen molar-refractivity contribution < 1.29 is 18.0 Å². The quantitative estimate of drug-likeness (QED) is 0.311. The molecule has 3 aromatic carbocycles. The second-order valence-electron chi connectivity index (χ2n) is 10.1. The molecule has 0 aliphatic carbocycles. The van der Waals surface area contributed by atoms with Crippen LogP contribution in [0, 0.1) is 19.8 Å². The van der Waals surface area contributed by atoms with Crippen LogP contribution in [0.2, 0.25) is 0 Å². The molecule has 2 amide bonds. The van der Waals surface area contributed by atoms with Crippen molar-refractivity contribution in [2.24, 2.45) is 5.92 Å². The highest BCUT2D eigenvalue weighted by molar-refractivity contribution is 9.10. The van der Waals surface area contributed by atoms with Crippen molar-refractivity contribution >= 4 is 43.5 Å². The van der Waals surface area contributed by atoms with Gasteiger partial charge in [0.2, 0.25) is 11.8 Å². The number of amides is 2. The summed E-state index contributed by atoms with van der Waals surface area (Å²) < 4.78 is 29.5. The van der Waals surface area contributed by atoms with E-state index >= 15 is 0 Å². The summed E-state index contributed by atoms with van der Waals surface area (Å²) in [6.07, 6.45) is 0. The summed E-state index contributed by atoms with van der Waals surface area (Å²) in [7, 11) is -4.10. The minimum Gasteiger partial charge on any atom is -0.354 e. The molecule has 3 rings (SSSR count). The minimum absolute atomic E-state index is 0.0775. The van der Waals surface area contributed by atoms with Crippen LogP contribution in [0.15, 0.2) is 82.2 Å². The van der Waals surface area contributed by atoms with Gasteiger partial charge in [-0.05, 0) is 62.6 Å². The summed E-state index contributed by atoms with van der Waals surface area (Å²) in [5.74, 6) is -0.535. The lowest BCUT2D eigenvalue weighted by atomic mass is 10.1. The number of sulfonamides is 1. The number of anilines is 1. The van der Waals surface area contributed by atoms with Gasteiger partial charge in [0, 0.05) is 17.6 Å². The van der Waals surface area contributed by atoms with Gasteiger partial charge >= 0.3 is 0 Å². The van der Waals surface area contributed by atoms with E-state index in [9.17, 15) is 18.0 Å². The lowest BCUT2D eigenvalue weighted by molar-refractivity contribution is -0.139. The molecule has 0 aromatic heterocycles. The van der Waals surface area contributed by atoms with E-state index in [0.29, 0.717) is 16.7 Å². The predicted molar refractivity (Wildman–Crippen MR) is 159 cm³/mol. The molecular formula is C30H36BrN3O4S. The van der Waals surface area contributed by atoms with E-state index < -0.39 is 28.5 Å². The maximum atomic E-state index is 13.9. The van der Waals surface area contributed by atoms with Crippen LogP contribution in [0.3, 0.4) is 0 Å². The van der Waals surface area contributed by atoms with Gasteiger partial charge in [0.15, 0.2) is 0 Å². The molecule has 1 N–H and O–H groups in total. The Morgan fingerprint density at radius 2 is 1.49 bits per heavy atom. The highest BCUT2D eigenvalue weighted by Crippen LogP contribution is 2.27. The number of nitrogens with one attached hydrogen (secondary N) is 1. The molecule has 3 aromatic rings. The SMILES string of the molecule is Cc1ccc(CN(C(=O)CN(c2cccc(Br)c2)S(=O)(=O)c2ccc(C)cc2)[C@H](C)C(=O)NCC(C)C)cc1. The van der Waals surface area contributed by atoms with Crippen molar-refractivity contribution in [1.29, 1.82) is 0 Å². The van der Waals surface area contributed by atoms with Crippen LogP contribution in [0.25, 0.3) is 0 Å². The summed E-state index contributed by atoms with van der Waals surface area (Å²) in [6.45, 7) is 9.66. The number of hydrogen-bond donors (Lipinski definition) is 1. The first-order chi connectivity index (χ1) is 18.4. The molecule has 0 aliphatic heterocycles. The van der Waals surface area contributed by atoms with E-state index in [0.717, 1.165) is 21.0 Å².